The van der Waals surface area contributed by atoms with Gasteiger partial charge in [0, 0.05) is 19.1 Å². The minimum atomic E-state index is 0.771. The predicted octanol–water partition coefficient (Wildman–Crippen LogP) is 1.63. The number of piperidine rings is 1. The van der Waals surface area contributed by atoms with E-state index in [1.165, 1.54) is 38.4 Å². The molecule has 0 amide bonds. The van der Waals surface area contributed by atoms with Crippen LogP contribution >= 0.6 is 0 Å². The number of likely N-dealkylation sites (N-methyl/N-ethyl adjacent to an activating group) is 1. The molecule has 1 aliphatic heterocycles. The molecule has 0 saturated carbocycles. The van der Waals surface area contributed by atoms with Crippen LogP contribution in [0.25, 0.3) is 0 Å². The van der Waals surface area contributed by atoms with Gasteiger partial charge in [-0.15, -0.1) is 0 Å². The second-order valence-corrected chi connectivity index (χ2v) is 4.70. The molecular weight excluding hydrogens is 160 g/mol. The molecule has 0 spiro atoms. The van der Waals surface area contributed by atoms with Gasteiger partial charge in [0.2, 0.25) is 0 Å². The fourth-order valence-electron chi connectivity index (χ4n) is 2.04. The van der Waals surface area contributed by atoms with Crippen LogP contribution < -0.4 is 0 Å². The van der Waals surface area contributed by atoms with Gasteiger partial charge in [0.25, 0.3) is 0 Å². The fourth-order valence-corrected chi connectivity index (χ4v) is 2.04. The molecule has 0 aromatic rings. The van der Waals surface area contributed by atoms with E-state index >= 15 is 0 Å². The van der Waals surface area contributed by atoms with Gasteiger partial charge in [0.05, 0.1) is 0 Å². The fraction of sp³-hybridized carbons (Fsp3) is 0.909. The third kappa shape index (κ3) is 3.65. The van der Waals surface area contributed by atoms with Crippen LogP contribution in [-0.4, -0.2) is 49.6 Å². The molecule has 1 fully saturated rings. The topological polar surface area (TPSA) is 6.48 Å². The van der Waals surface area contributed by atoms with Crippen molar-refractivity contribution in [1.82, 2.24) is 9.80 Å². The van der Waals surface area contributed by atoms with E-state index in [1.807, 2.05) is 0 Å². The summed E-state index contributed by atoms with van der Waals surface area (Å²) in [5.41, 5.74) is 0. The molecular formula is C11H23N2. The van der Waals surface area contributed by atoms with Crippen molar-refractivity contribution in [1.29, 1.82) is 0 Å². The first-order valence-corrected chi connectivity index (χ1v) is 5.27. The minimum absolute atomic E-state index is 0.771. The first kappa shape index (κ1) is 11.0. The SMILES string of the molecule is C[C](C)CN1CCC[C@@H](N(C)C)C1. The van der Waals surface area contributed by atoms with Crippen molar-refractivity contribution < 1.29 is 0 Å². The summed E-state index contributed by atoms with van der Waals surface area (Å²) < 4.78 is 0. The molecule has 0 aliphatic carbocycles. The predicted molar refractivity (Wildman–Crippen MR) is 57.7 cm³/mol. The third-order valence-corrected chi connectivity index (χ3v) is 2.75. The maximum atomic E-state index is 2.57. The highest BCUT2D eigenvalue weighted by molar-refractivity contribution is 4.86. The van der Waals surface area contributed by atoms with E-state index in [4.69, 9.17) is 0 Å². The van der Waals surface area contributed by atoms with E-state index in [9.17, 15) is 0 Å². The lowest BCUT2D eigenvalue weighted by Crippen LogP contribution is -2.45. The van der Waals surface area contributed by atoms with E-state index in [-0.39, 0.29) is 0 Å². The second-order valence-electron chi connectivity index (χ2n) is 4.70. The Morgan fingerprint density at radius 2 is 2.08 bits per heavy atom. The number of hydrogen-bond acceptors (Lipinski definition) is 2. The van der Waals surface area contributed by atoms with E-state index in [0.717, 1.165) is 6.04 Å². The first-order valence-electron chi connectivity index (χ1n) is 5.27. The van der Waals surface area contributed by atoms with Gasteiger partial charge >= 0.3 is 0 Å². The Morgan fingerprint density at radius 1 is 1.38 bits per heavy atom. The number of rotatable bonds is 3. The zero-order chi connectivity index (χ0) is 9.84. The summed E-state index contributed by atoms with van der Waals surface area (Å²) in [6, 6.07) is 0.771. The Morgan fingerprint density at radius 3 is 2.62 bits per heavy atom. The van der Waals surface area contributed by atoms with Crippen LogP contribution in [0, 0.1) is 5.92 Å². The second kappa shape index (κ2) is 4.97. The highest BCUT2D eigenvalue weighted by atomic mass is 15.2. The molecule has 0 bridgehead atoms. The van der Waals surface area contributed by atoms with Gasteiger partial charge in [-0.3, -0.25) is 0 Å². The Hall–Kier alpha value is -0.0800. The number of nitrogens with zero attached hydrogens (tertiary/aromatic N) is 2. The van der Waals surface area contributed by atoms with Crippen LogP contribution in [0.5, 0.6) is 0 Å². The van der Waals surface area contributed by atoms with E-state index in [2.05, 4.69) is 37.7 Å². The maximum absolute atomic E-state index is 2.57. The molecule has 1 saturated heterocycles. The Kier molecular flexibility index (Phi) is 4.20. The molecule has 2 heteroatoms. The van der Waals surface area contributed by atoms with Crippen molar-refractivity contribution in [3.8, 4) is 0 Å². The normalized spacial score (nSPS) is 25.8. The zero-order valence-electron chi connectivity index (χ0n) is 9.51. The number of likely N-dealkylation sites (tertiary alicyclic amines) is 1. The third-order valence-electron chi connectivity index (χ3n) is 2.75. The van der Waals surface area contributed by atoms with Gasteiger partial charge in [-0.05, 0) is 39.4 Å². The van der Waals surface area contributed by atoms with Crippen LogP contribution in [0.4, 0.5) is 0 Å². The smallest absolute Gasteiger partial charge is 0.0217 e. The summed E-state index contributed by atoms with van der Waals surface area (Å²) in [6.45, 7) is 8.16. The summed E-state index contributed by atoms with van der Waals surface area (Å²) in [5.74, 6) is 1.53. The van der Waals surface area contributed by atoms with Crippen LogP contribution in [0.1, 0.15) is 26.7 Å². The van der Waals surface area contributed by atoms with E-state index in [1.54, 1.807) is 0 Å². The van der Waals surface area contributed by atoms with Crippen LogP contribution in [-0.2, 0) is 0 Å². The number of hydrogen-bond donors (Lipinski definition) is 0. The summed E-state index contributed by atoms with van der Waals surface area (Å²) in [7, 11) is 4.38. The molecule has 0 unspecified atom stereocenters. The maximum Gasteiger partial charge on any atom is 0.0217 e. The summed E-state index contributed by atoms with van der Waals surface area (Å²) in [6.07, 6.45) is 2.72. The molecule has 77 valence electrons. The molecule has 1 heterocycles. The van der Waals surface area contributed by atoms with Gasteiger partial charge < -0.3 is 9.80 Å². The standard InChI is InChI=1S/C11H23N2/c1-10(2)8-13-7-5-6-11(9-13)12(3)4/h11H,5-9H2,1-4H3/t11-/m1/s1. The lowest BCUT2D eigenvalue weighted by Gasteiger charge is -2.36. The average molecular weight is 183 g/mol. The summed E-state index contributed by atoms with van der Waals surface area (Å²) >= 11 is 0. The van der Waals surface area contributed by atoms with Gasteiger partial charge in [-0.25, -0.2) is 0 Å². The van der Waals surface area contributed by atoms with Gasteiger partial charge in [0.15, 0.2) is 0 Å². The Balaban J connectivity index is 2.33. The molecule has 13 heavy (non-hydrogen) atoms. The molecule has 0 aromatic carbocycles. The lowest BCUT2D eigenvalue weighted by atomic mass is 10.0. The van der Waals surface area contributed by atoms with Crippen LogP contribution in [0.15, 0.2) is 0 Å². The molecule has 1 atom stereocenters. The average Bonchev–Trinajstić information content (AvgIpc) is 2.03. The van der Waals surface area contributed by atoms with Crippen molar-refractivity contribution in [3.63, 3.8) is 0 Å². The monoisotopic (exact) mass is 183 g/mol. The molecule has 2 nitrogen and oxygen atoms in total. The summed E-state index contributed by atoms with van der Waals surface area (Å²) in [4.78, 5) is 4.93. The molecule has 1 rings (SSSR count). The van der Waals surface area contributed by atoms with Crippen molar-refractivity contribution in [2.45, 2.75) is 32.7 Å². The molecule has 0 N–H and O–H groups in total. The first-order chi connectivity index (χ1) is 6.09. The van der Waals surface area contributed by atoms with Crippen molar-refractivity contribution >= 4 is 0 Å². The van der Waals surface area contributed by atoms with Crippen LogP contribution in [0.3, 0.4) is 0 Å². The highest BCUT2D eigenvalue weighted by Crippen LogP contribution is 2.15. The van der Waals surface area contributed by atoms with Gasteiger partial charge in [-0.2, -0.15) is 0 Å². The Labute approximate surface area is 82.9 Å². The van der Waals surface area contributed by atoms with Crippen molar-refractivity contribution in [2.24, 2.45) is 0 Å². The largest absolute Gasteiger partial charge is 0.305 e. The quantitative estimate of drug-likeness (QED) is 0.656. The zero-order valence-corrected chi connectivity index (χ0v) is 9.51. The van der Waals surface area contributed by atoms with E-state index < -0.39 is 0 Å². The lowest BCUT2D eigenvalue weighted by molar-refractivity contribution is 0.137. The minimum Gasteiger partial charge on any atom is -0.305 e. The highest BCUT2D eigenvalue weighted by Gasteiger charge is 2.21. The van der Waals surface area contributed by atoms with Gasteiger partial charge in [-0.1, -0.05) is 13.8 Å². The van der Waals surface area contributed by atoms with E-state index in [0.29, 0.717) is 0 Å². The molecule has 1 radical (unpaired) electrons. The van der Waals surface area contributed by atoms with Gasteiger partial charge in [0.1, 0.15) is 0 Å². The van der Waals surface area contributed by atoms with Crippen LogP contribution in [0.2, 0.25) is 0 Å². The molecule has 0 aromatic heterocycles. The van der Waals surface area contributed by atoms with Crippen molar-refractivity contribution in [2.75, 3.05) is 33.7 Å². The Bertz CT molecular complexity index is 143. The summed E-state index contributed by atoms with van der Waals surface area (Å²) in [5, 5.41) is 0. The van der Waals surface area contributed by atoms with Crippen molar-refractivity contribution in [3.05, 3.63) is 5.92 Å². The molecule has 1 aliphatic rings.